The molecule has 2 fully saturated rings. The van der Waals surface area contributed by atoms with Crippen molar-refractivity contribution in [1.82, 2.24) is 15.1 Å². The van der Waals surface area contributed by atoms with E-state index in [2.05, 4.69) is 42.9 Å². The van der Waals surface area contributed by atoms with Gasteiger partial charge in [-0.05, 0) is 66.7 Å². The number of hydrogen-bond acceptors (Lipinski definition) is 3. The van der Waals surface area contributed by atoms with Crippen LogP contribution in [0, 0.1) is 5.92 Å². The lowest BCUT2D eigenvalue weighted by molar-refractivity contribution is -0.127. The highest BCUT2D eigenvalue weighted by Gasteiger charge is 2.31. The fourth-order valence-corrected chi connectivity index (χ4v) is 3.18. The summed E-state index contributed by atoms with van der Waals surface area (Å²) in [6.07, 6.45) is 3.11. The Labute approximate surface area is 117 Å². The minimum atomic E-state index is 0.226. The van der Waals surface area contributed by atoms with Crippen molar-refractivity contribution in [1.29, 1.82) is 0 Å². The molecule has 2 saturated heterocycles. The summed E-state index contributed by atoms with van der Waals surface area (Å²) in [5.41, 5.74) is 0.232. The smallest absolute Gasteiger partial charge is 0.223 e. The lowest BCUT2D eigenvalue weighted by atomic mass is 9.92. The topological polar surface area (TPSA) is 35.6 Å². The summed E-state index contributed by atoms with van der Waals surface area (Å²) in [7, 11) is 2.12. The zero-order valence-electron chi connectivity index (χ0n) is 12.9. The van der Waals surface area contributed by atoms with Gasteiger partial charge in [0.1, 0.15) is 0 Å². The SMILES string of the molecule is CN1CCC(NC(=O)C2CCN(C(C)(C)C)CC2)C1. The van der Waals surface area contributed by atoms with Crippen molar-refractivity contribution < 1.29 is 4.79 Å². The van der Waals surface area contributed by atoms with Gasteiger partial charge in [-0.3, -0.25) is 9.69 Å². The van der Waals surface area contributed by atoms with E-state index < -0.39 is 0 Å². The highest BCUT2D eigenvalue weighted by molar-refractivity contribution is 5.79. The average molecular weight is 267 g/mol. The van der Waals surface area contributed by atoms with E-state index in [9.17, 15) is 4.79 Å². The minimum absolute atomic E-state index is 0.226. The fourth-order valence-electron chi connectivity index (χ4n) is 3.18. The van der Waals surface area contributed by atoms with Gasteiger partial charge in [0.2, 0.25) is 5.91 Å². The Morgan fingerprint density at radius 1 is 1.11 bits per heavy atom. The monoisotopic (exact) mass is 267 g/mol. The molecule has 0 saturated carbocycles. The van der Waals surface area contributed by atoms with Gasteiger partial charge in [0.25, 0.3) is 0 Å². The van der Waals surface area contributed by atoms with Crippen LogP contribution in [0.25, 0.3) is 0 Å². The number of nitrogens with one attached hydrogen (secondary N) is 1. The van der Waals surface area contributed by atoms with Crippen LogP contribution in [0.1, 0.15) is 40.0 Å². The molecule has 2 aliphatic heterocycles. The van der Waals surface area contributed by atoms with Crippen LogP contribution in [0.15, 0.2) is 0 Å². The second-order valence-electron chi connectivity index (χ2n) is 7.19. The Morgan fingerprint density at radius 2 is 1.74 bits per heavy atom. The molecular formula is C15H29N3O. The molecule has 1 atom stereocenters. The van der Waals surface area contributed by atoms with E-state index in [1.165, 1.54) is 0 Å². The first-order valence-corrected chi connectivity index (χ1v) is 7.60. The Bertz CT molecular complexity index is 316. The molecule has 1 amide bonds. The van der Waals surface area contributed by atoms with E-state index in [0.717, 1.165) is 45.4 Å². The molecule has 2 heterocycles. The number of rotatable bonds is 2. The van der Waals surface area contributed by atoms with Crippen molar-refractivity contribution in [3.63, 3.8) is 0 Å². The highest BCUT2D eigenvalue weighted by atomic mass is 16.2. The molecule has 0 radical (unpaired) electrons. The molecule has 4 nitrogen and oxygen atoms in total. The van der Waals surface area contributed by atoms with Crippen molar-refractivity contribution >= 4 is 5.91 Å². The zero-order chi connectivity index (χ0) is 14.0. The Kier molecular flexibility index (Phi) is 4.51. The van der Waals surface area contributed by atoms with Gasteiger partial charge < -0.3 is 10.2 Å². The van der Waals surface area contributed by atoms with Gasteiger partial charge in [-0.25, -0.2) is 0 Å². The summed E-state index contributed by atoms with van der Waals surface area (Å²) in [6, 6.07) is 0.373. The van der Waals surface area contributed by atoms with Gasteiger partial charge in [0.05, 0.1) is 0 Å². The number of likely N-dealkylation sites (N-methyl/N-ethyl adjacent to an activating group) is 1. The molecule has 0 aromatic carbocycles. The number of amides is 1. The summed E-state index contributed by atoms with van der Waals surface area (Å²) in [4.78, 5) is 17.0. The number of carbonyl (C=O) groups excluding carboxylic acids is 1. The normalized spacial score (nSPS) is 27.7. The lowest BCUT2D eigenvalue weighted by Gasteiger charge is -2.40. The third kappa shape index (κ3) is 3.93. The average Bonchev–Trinajstić information content (AvgIpc) is 2.74. The number of hydrogen-bond donors (Lipinski definition) is 1. The van der Waals surface area contributed by atoms with Crippen molar-refractivity contribution in [2.75, 3.05) is 33.2 Å². The van der Waals surface area contributed by atoms with E-state index in [4.69, 9.17) is 0 Å². The van der Waals surface area contributed by atoms with Crippen molar-refractivity contribution in [3.8, 4) is 0 Å². The van der Waals surface area contributed by atoms with Crippen LogP contribution in [-0.4, -0.2) is 60.5 Å². The zero-order valence-corrected chi connectivity index (χ0v) is 12.9. The summed E-state index contributed by atoms with van der Waals surface area (Å²) >= 11 is 0. The molecule has 4 heteroatoms. The van der Waals surface area contributed by atoms with Gasteiger partial charge in [-0.15, -0.1) is 0 Å². The first kappa shape index (κ1) is 14.8. The molecule has 19 heavy (non-hydrogen) atoms. The van der Waals surface area contributed by atoms with Crippen LogP contribution in [0.3, 0.4) is 0 Å². The maximum absolute atomic E-state index is 12.3. The van der Waals surface area contributed by atoms with Crippen molar-refractivity contribution in [2.45, 2.75) is 51.6 Å². The highest BCUT2D eigenvalue weighted by Crippen LogP contribution is 2.24. The number of carbonyl (C=O) groups is 1. The van der Waals surface area contributed by atoms with E-state index in [1.54, 1.807) is 0 Å². The molecular weight excluding hydrogens is 238 g/mol. The summed E-state index contributed by atoms with van der Waals surface area (Å²) in [5, 5.41) is 3.23. The van der Waals surface area contributed by atoms with Crippen LogP contribution < -0.4 is 5.32 Å². The fraction of sp³-hybridized carbons (Fsp3) is 0.933. The van der Waals surface area contributed by atoms with Gasteiger partial charge >= 0.3 is 0 Å². The van der Waals surface area contributed by atoms with Gasteiger partial charge in [-0.1, -0.05) is 0 Å². The molecule has 110 valence electrons. The first-order chi connectivity index (χ1) is 8.86. The van der Waals surface area contributed by atoms with Crippen molar-refractivity contribution in [3.05, 3.63) is 0 Å². The van der Waals surface area contributed by atoms with Crippen LogP contribution in [-0.2, 0) is 4.79 Å². The van der Waals surface area contributed by atoms with Crippen LogP contribution in [0.4, 0.5) is 0 Å². The molecule has 0 bridgehead atoms. The molecule has 1 unspecified atom stereocenters. The standard InChI is InChI=1S/C15H29N3O/c1-15(2,3)18-9-5-12(6-10-18)14(19)16-13-7-8-17(4)11-13/h12-13H,5-11H2,1-4H3,(H,16,19). The molecule has 0 aliphatic carbocycles. The van der Waals surface area contributed by atoms with Crippen LogP contribution in [0.5, 0.6) is 0 Å². The second kappa shape index (κ2) is 5.80. The largest absolute Gasteiger partial charge is 0.352 e. The third-order valence-electron chi connectivity index (χ3n) is 4.55. The number of piperidine rings is 1. The van der Waals surface area contributed by atoms with E-state index in [1.807, 2.05) is 0 Å². The number of nitrogens with zero attached hydrogens (tertiary/aromatic N) is 2. The van der Waals surface area contributed by atoms with Crippen LogP contribution in [0.2, 0.25) is 0 Å². The van der Waals surface area contributed by atoms with Gasteiger partial charge in [-0.2, -0.15) is 0 Å². The third-order valence-corrected chi connectivity index (χ3v) is 4.55. The van der Waals surface area contributed by atoms with Crippen molar-refractivity contribution in [2.24, 2.45) is 5.92 Å². The number of likely N-dealkylation sites (tertiary alicyclic amines) is 2. The second-order valence-corrected chi connectivity index (χ2v) is 7.19. The van der Waals surface area contributed by atoms with Gasteiger partial charge in [0, 0.05) is 24.0 Å². The first-order valence-electron chi connectivity index (χ1n) is 7.60. The van der Waals surface area contributed by atoms with E-state index in [-0.39, 0.29) is 17.4 Å². The van der Waals surface area contributed by atoms with E-state index in [0.29, 0.717) is 6.04 Å². The summed E-state index contributed by atoms with van der Waals surface area (Å²) in [6.45, 7) is 11.0. The minimum Gasteiger partial charge on any atom is -0.352 e. The van der Waals surface area contributed by atoms with Gasteiger partial charge in [0.15, 0.2) is 0 Å². The Balaban J connectivity index is 1.76. The predicted molar refractivity (Wildman–Crippen MR) is 78.1 cm³/mol. The molecule has 0 spiro atoms. The Morgan fingerprint density at radius 3 is 2.21 bits per heavy atom. The molecule has 0 aromatic heterocycles. The maximum atomic E-state index is 12.3. The summed E-state index contributed by atoms with van der Waals surface area (Å²) in [5.74, 6) is 0.512. The lowest BCUT2D eigenvalue weighted by Crippen LogP contribution is -2.49. The molecule has 2 rings (SSSR count). The molecule has 1 N–H and O–H groups in total. The molecule has 0 aromatic rings. The predicted octanol–water partition coefficient (Wildman–Crippen LogP) is 1.32. The molecule has 2 aliphatic rings. The Hall–Kier alpha value is -0.610. The summed E-state index contributed by atoms with van der Waals surface area (Å²) < 4.78 is 0. The maximum Gasteiger partial charge on any atom is 0.223 e. The van der Waals surface area contributed by atoms with E-state index >= 15 is 0 Å². The van der Waals surface area contributed by atoms with Crippen LogP contribution >= 0.6 is 0 Å². The quantitative estimate of drug-likeness (QED) is 0.819.